The number of rotatable bonds is 3. The lowest BCUT2D eigenvalue weighted by molar-refractivity contribution is 0.631. The molecule has 1 heterocycles. The molecular formula is C12H13FN4. The predicted octanol–water partition coefficient (Wildman–Crippen LogP) is 2.71. The number of nitrogens with zero attached hydrogens (tertiary/aromatic N) is 2. The van der Waals surface area contributed by atoms with Gasteiger partial charge in [0.1, 0.15) is 11.6 Å². The standard InChI is InChI=1S/C12H13FN4/c1-8-4-3-5-9(13)11(8)16-10-6-7-15-12(14-2)17-10/h3-7H,1-2H3,(H2,14,15,16,17). The summed E-state index contributed by atoms with van der Waals surface area (Å²) in [5.74, 6) is 0.746. The van der Waals surface area contributed by atoms with Crippen LogP contribution in [-0.2, 0) is 0 Å². The normalized spacial score (nSPS) is 10.1. The Morgan fingerprint density at radius 3 is 2.76 bits per heavy atom. The minimum absolute atomic E-state index is 0.297. The Hall–Kier alpha value is -2.17. The summed E-state index contributed by atoms with van der Waals surface area (Å²) in [5.41, 5.74) is 1.27. The Morgan fingerprint density at radius 1 is 1.24 bits per heavy atom. The average molecular weight is 232 g/mol. The van der Waals surface area contributed by atoms with Crippen LogP contribution in [0, 0.1) is 12.7 Å². The molecule has 1 aromatic carbocycles. The Bertz CT molecular complexity index is 507. The molecule has 2 N–H and O–H groups in total. The van der Waals surface area contributed by atoms with Crippen molar-refractivity contribution in [1.82, 2.24) is 9.97 Å². The number of para-hydroxylation sites is 1. The second-order valence-corrected chi connectivity index (χ2v) is 3.57. The molecule has 4 nitrogen and oxygen atoms in total. The maximum absolute atomic E-state index is 13.6. The smallest absolute Gasteiger partial charge is 0.224 e. The van der Waals surface area contributed by atoms with Gasteiger partial charge in [-0.3, -0.25) is 0 Å². The van der Waals surface area contributed by atoms with Crippen molar-refractivity contribution >= 4 is 17.5 Å². The average Bonchev–Trinajstić information content (AvgIpc) is 2.34. The Labute approximate surface area is 98.9 Å². The van der Waals surface area contributed by atoms with E-state index in [9.17, 15) is 4.39 Å². The lowest BCUT2D eigenvalue weighted by Crippen LogP contribution is -2.02. The van der Waals surface area contributed by atoms with Crippen LogP contribution in [0.3, 0.4) is 0 Å². The highest BCUT2D eigenvalue weighted by Crippen LogP contribution is 2.22. The van der Waals surface area contributed by atoms with Gasteiger partial charge in [0.15, 0.2) is 0 Å². The van der Waals surface area contributed by atoms with E-state index < -0.39 is 0 Å². The van der Waals surface area contributed by atoms with E-state index in [-0.39, 0.29) is 5.82 Å². The zero-order chi connectivity index (χ0) is 12.3. The van der Waals surface area contributed by atoms with Crippen molar-refractivity contribution in [2.24, 2.45) is 0 Å². The number of halogens is 1. The van der Waals surface area contributed by atoms with E-state index in [1.54, 1.807) is 25.4 Å². The van der Waals surface area contributed by atoms with Crippen LogP contribution in [0.5, 0.6) is 0 Å². The van der Waals surface area contributed by atoms with Gasteiger partial charge in [-0.05, 0) is 24.6 Å². The highest BCUT2D eigenvalue weighted by Gasteiger charge is 2.06. The van der Waals surface area contributed by atoms with E-state index in [1.807, 2.05) is 13.0 Å². The maximum Gasteiger partial charge on any atom is 0.224 e. The largest absolute Gasteiger partial charge is 0.357 e. The molecule has 0 amide bonds. The first-order valence-electron chi connectivity index (χ1n) is 5.23. The van der Waals surface area contributed by atoms with Crippen LogP contribution in [0.4, 0.5) is 21.8 Å². The fraction of sp³-hybridized carbons (Fsp3) is 0.167. The second-order valence-electron chi connectivity index (χ2n) is 3.57. The molecule has 2 aromatic rings. The van der Waals surface area contributed by atoms with Crippen molar-refractivity contribution in [2.45, 2.75) is 6.92 Å². The third-order valence-electron chi connectivity index (χ3n) is 2.35. The van der Waals surface area contributed by atoms with Crippen molar-refractivity contribution in [3.05, 3.63) is 41.8 Å². The van der Waals surface area contributed by atoms with E-state index in [0.717, 1.165) is 5.56 Å². The van der Waals surface area contributed by atoms with E-state index in [2.05, 4.69) is 20.6 Å². The van der Waals surface area contributed by atoms with Crippen molar-refractivity contribution in [1.29, 1.82) is 0 Å². The Morgan fingerprint density at radius 2 is 2.06 bits per heavy atom. The maximum atomic E-state index is 13.6. The highest BCUT2D eigenvalue weighted by molar-refractivity contribution is 5.61. The van der Waals surface area contributed by atoms with Crippen molar-refractivity contribution in [3.8, 4) is 0 Å². The number of anilines is 3. The molecule has 0 saturated carbocycles. The van der Waals surface area contributed by atoms with Gasteiger partial charge in [-0.15, -0.1) is 0 Å². The first-order valence-corrected chi connectivity index (χ1v) is 5.23. The summed E-state index contributed by atoms with van der Waals surface area (Å²) >= 11 is 0. The number of aromatic nitrogens is 2. The molecular weight excluding hydrogens is 219 g/mol. The van der Waals surface area contributed by atoms with E-state index in [4.69, 9.17) is 0 Å². The van der Waals surface area contributed by atoms with Crippen LogP contribution in [0.2, 0.25) is 0 Å². The van der Waals surface area contributed by atoms with Gasteiger partial charge in [-0.1, -0.05) is 12.1 Å². The monoisotopic (exact) mass is 232 g/mol. The van der Waals surface area contributed by atoms with Gasteiger partial charge in [0.2, 0.25) is 5.95 Å². The van der Waals surface area contributed by atoms with Crippen LogP contribution in [-0.4, -0.2) is 17.0 Å². The SMILES string of the molecule is CNc1nccc(Nc2c(C)cccc2F)n1. The molecule has 0 saturated heterocycles. The van der Waals surface area contributed by atoms with Crippen molar-refractivity contribution in [3.63, 3.8) is 0 Å². The molecule has 0 aliphatic rings. The molecule has 0 bridgehead atoms. The van der Waals surface area contributed by atoms with Crippen molar-refractivity contribution < 1.29 is 4.39 Å². The van der Waals surface area contributed by atoms with Crippen LogP contribution < -0.4 is 10.6 Å². The molecule has 0 unspecified atom stereocenters. The van der Waals surface area contributed by atoms with Gasteiger partial charge < -0.3 is 10.6 Å². The molecule has 0 spiro atoms. The van der Waals surface area contributed by atoms with E-state index in [1.165, 1.54) is 6.07 Å². The Kier molecular flexibility index (Phi) is 3.18. The zero-order valence-electron chi connectivity index (χ0n) is 9.66. The van der Waals surface area contributed by atoms with Gasteiger partial charge in [0.05, 0.1) is 5.69 Å². The molecule has 17 heavy (non-hydrogen) atoms. The molecule has 88 valence electrons. The topological polar surface area (TPSA) is 49.8 Å². The fourth-order valence-electron chi connectivity index (χ4n) is 1.47. The summed E-state index contributed by atoms with van der Waals surface area (Å²) in [6, 6.07) is 6.61. The predicted molar refractivity (Wildman–Crippen MR) is 66.0 cm³/mol. The lowest BCUT2D eigenvalue weighted by Gasteiger charge is -2.10. The quantitative estimate of drug-likeness (QED) is 0.854. The van der Waals surface area contributed by atoms with Gasteiger partial charge in [0.25, 0.3) is 0 Å². The summed E-state index contributed by atoms with van der Waals surface area (Å²) in [7, 11) is 1.73. The van der Waals surface area contributed by atoms with Gasteiger partial charge >= 0.3 is 0 Å². The second kappa shape index (κ2) is 4.78. The summed E-state index contributed by atoms with van der Waals surface area (Å²) < 4.78 is 13.6. The third kappa shape index (κ3) is 2.50. The van der Waals surface area contributed by atoms with Gasteiger partial charge in [0, 0.05) is 13.2 Å². The van der Waals surface area contributed by atoms with E-state index >= 15 is 0 Å². The summed E-state index contributed by atoms with van der Waals surface area (Å²) in [5, 5.41) is 5.78. The fourth-order valence-corrected chi connectivity index (χ4v) is 1.47. The first-order chi connectivity index (χ1) is 8.20. The third-order valence-corrected chi connectivity index (χ3v) is 2.35. The molecule has 0 aliphatic heterocycles. The summed E-state index contributed by atoms with van der Waals surface area (Å²) in [6.07, 6.45) is 1.61. The van der Waals surface area contributed by atoms with Crippen LogP contribution in [0.1, 0.15) is 5.56 Å². The molecule has 1 aromatic heterocycles. The highest BCUT2D eigenvalue weighted by atomic mass is 19.1. The van der Waals surface area contributed by atoms with Gasteiger partial charge in [-0.25, -0.2) is 9.37 Å². The Balaban J connectivity index is 2.31. The molecule has 0 atom stereocenters. The van der Waals surface area contributed by atoms with E-state index in [0.29, 0.717) is 17.5 Å². The molecule has 2 rings (SSSR count). The number of aryl methyl sites for hydroxylation is 1. The number of nitrogens with one attached hydrogen (secondary N) is 2. The first kappa shape index (κ1) is 11.3. The molecule has 0 aliphatic carbocycles. The van der Waals surface area contributed by atoms with Crippen LogP contribution >= 0.6 is 0 Å². The number of hydrogen-bond donors (Lipinski definition) is 2. The zero-order valence-corrected chi connectivity index (χ0v) is 9.66. The molecule has 5 heteroatoms. The van der Waals surface area contributed by atoms with Crippen molar-refractivity contribution in [2.75, 3.05) is 17.7 Å². The van der Waals surface area contributed by atoms with Gasteiger partial charge in [-0.2, -0.15) is 4.98 Å². The minimum Gasteiger partial charge on any atom is -0.357 e. The lowest BCUT2D eigenvalue weighted by atomic mass is 10.2. The number of benzene rings is 1. The minimum atomic E-state index is -0.297. The van der Waals surface area contributed by atoms with Crippen LogP contribution in [0.15, 0.2) is 30.5 Å². The number of hydrogen-bond acceptors (Lipinski definition) is 4. The van der Waals surface area contributed by atoms with Crippen LogP contribution in [0.25, 0.3) is 0 Å². The molecule has 0 fully saturated rings. The molecule has 0 radical (unpaired) electrons. The summed E-state index contributed by atoms with van der Waals surface area (Å²) in [6.45, 7) is 1.84. The summed E-state index contributed by atoms with van der Waals surface area (Å²) in [4.78, 5) is 8.16.